The summed E-state index contributed by atoms with van der Waals surface area (Å²) in [5.74, 6) is 1.31. The van der Waals surface area contributed by atoms with Crippen molar-refractivity contribution in [2.24, 2.45) is 0 Å². The highest BCUT2D eigenvalue weighted by Gasteiger charge is 2.33. The van der Waals surface area contributed by atoms with Gasteiger partial charge < -0.3 is 14.2 Å². The van der Waals surface area contributed by atoms with Crippen LogP contribution in [0.2, 0.25) is 0 Å². The van der Waals surface area contributed by atoms with Crippen LogP contribution >= 0.6 is 0 Å². The van der Waals surface area contributed by atoms with E-state index in [0.717, 1.165) is 35.5 Å². The van der Waals surface area contributed by atoms with Gasteiger partial charge in [0.1, 0.15) is 17.8 Å². The van der Waals surface area contributed by atoms with E-state index >= 15 is 0 Å². The highest BCUT2D eigenvalue weighted by Crippen LogP contribution is 2.35. The maximum Gasteiger partial charge on any atom is 0.261 e. The summed E-state index contributed by atoms with van der Waals surface area (Å²) in [5.41, 5.74) is 2.62. The van der Waals surface area contributed by atoms with Crippen molar-refractivity contribution in [2.75, 3.05) is 13.2 Å². The molecular formula is C18H20N6O3. The van der Waals surface area contributed by atoms with Crippen LogP contribution < -0.4 is 4.74 Å². The van der Waals surface area contributed by atoms with E-state index in [1.54, 1.807) is 12.1 Å². The second-order valence-corrected chi connectivity index (χ2v) is 6.52. The molecule has 1 amide bonds. The van der Waals surface area contributed by atoms with Crippen LogP contribution in [0, 0.1) is 13.8 Å². The summed E-state index contributed by atoms with van der Waals surface area (Å²) in [5, 5.41) is 15.1. The summed E-state index contributed by atoms with van der Waals surface area (Å²) in [6, 6.07) is 7.29. The lowest BCUT2D eigenvalue weighted by molar-refractivity contribution is -0.134. The van der Waals surface area contributed by atoms with Gasteiger partial charge in [-0.05, 0) is 49.2 Å². The normalized spacial score (nSPS) is 16.7. The van der Waals surface area contributed by atoms with E-state index in [1.165, 1.54) is 11.0 Å². The molecule has 3 aromatic rings. The standard InChI is InChI=1S/C18H20N6O3/c1-12-18(13(2)27-20-12)16-7-4-8-23(16)17(25)10-26-15-6-3-5-14(9-15)24-11-19-21-22-24/h3,5-6,9,11,16H,4,7-8,10H2,1-2H3. The highest BCUT2D eigenvalue weighted by molar-refractivity contribution is 5.78. The Morgan fingerprint density at radius 2 is 2.26 bits per heavy atom. The van der Waals surface area contributed by atoms with Crippen LogP contribution in [0.3, 0.4) is 0 Å². The molecule has 9 nitrogen and oxygen atoms in total. The molecule has 1 aliphatic heterocycles. The Labute approximate surface area is 155 Å². The average molecular weight is 368 g/mol. The number of hydrogen-bond donors (Lipinski definition) is 0. The third-order valence-electron chi connectivity index (χ3n) is 4.79. The van der Waals surface area contributed by atoms with Crippen molar-refractivity contribution in [3.63, 3.8) is 0 Å². The molecule has 0 N–H and O–H groups in total. The lowest BCUT2D eigenvalue weighted by Crippen LogP contribution is -2.34. The predicted octanol–water partition coefficient (Wildman–Crippen LogP) is 2.01. The summed E-state index contributed by atoms with van der Waals surface area (Å²) in [4.78, 5) is 14.6. The maximum absolute atomic E-state index is 12.8. The summed E-state index contributed by atoms with van der Waals surface area (Å²) in [6.45, 7) is 4.48. The molecule has 3 heterocycles. The molecule has 0 radical (unpaired) electrons. The maximum atomic E-state index is 12.8. The smallest absolute Gasteiger partial charge is 0.261 e. The van der Waals surface area contributed by atoms with Crippen molar-refractivity contribution in [2.45, 2.75) is 32.7 Å². The summed E-state index contributed by atoms with van der Waals surface area (Å²) in [6.07, 6.45) is 3.36. The topological polar surface area (TPSA) is 99.2 Å². The Balaban J connectivity index is 1.44. The molecule has 1 fully saturated rings. The molecular weight excluding hydrogens is 348 g/mol. The molecule has 0 spiro atoms. The number of ether oxygens (including phenoxy) is 1. The summed E-state index contributed by atoms with van der Waals surface area (Å²) in [7, 11) is 0. The van der Waals surface area contributed by atoms with Gasteiger partial charge >= 0.3 is 0 Å². The number of carbonyl (C=O) groups excluding carboxylic acids is 1. The molecule has 27 heavy (non-hydrogen) atoms. The fraction of sp³-hybridized carbons (Fsp3) is 0.389. The first-order valence-corrected chi connectivity index (χ1v) is 8.82. The number of rotatable bonds is 5. The van der Waals surface area contributed by atoms with Gasteiger partial charge in [0, 0.05) is 18.2 Å². The Morgan fingerprint density at radius 3 is 3.00 bits per heavy atom. The Hall–Kier alpha value is -3.23. The number of likely N-dealkylation sites (tertiary alicyclic amines) is 1. The molecule has 1 atom stereocenters. The minimum absolute atomic E-state index is 0.0000857. The minimum atomic E-state index is -0.0506. The molecule has 0 saturated carbocycles. The van der Waals surface area contributed by atoms with E-state index in [4.69, 9.17) is 9.26 Å². The first-order valence-electron chi connectivity index (χ1n) is 8.82. The van der Waals surface area contributed by atoms with Gasteiger partial charge in [-0.2, -0.15) is 0 Å². The molecule has 0 aliphatic carbocycles. The fourth-order valence-electron chi connectivity index (χ4n) is 3.55. The van der Waals surface area contributed by atoms with E-state index in [-0.39, 0.29) is 18.6 Å². The van der Waals surface area contributed by atoms with Crippen LogP contribution in [0.25, 0.3) is 5.69 Å². The van der Waals surface area contributed by atoms with Crippen molar-refractivity contribution in [1.29, 1.82) is 0 Å². The monoisotopic (exact) mass is 368 g/mol. The zero-order chi connectivity index (χ0) is 18.8. The third kappa shape index (κ3) is 3.40. The van der Waals surface area contributed by atoms with Crippen molar-refractivity contribution >= 4 is 5.91 Å². The van der Waals surface area contributed by atoms with Gasteiger partial charge in [-0.15, -0.1) is 5.10 Å². The average Bonchev–Trinajstić information content (AvgIpc) is 3.41. The Morgan fingerprint density at radius 1 is 1.37 bits per heavy atom. The third-order valence-corrected chi connectivity index (χ3v) is 4.79. The van der Waals surface area contributed by atoms with E-state index in [2.05, 4.69) is 20.7 Å². The van der Waals surface area contributed by atoms with E-state index < -0.39 is 0 Å². The minimum Gasteiger partial charge on any atom is -0.484 e. The number of carbonyl (C=O) groups is 1. The van der Waals surface area contributed by atoms with Gasteiger partial charge in [0.2, 0.25) is 0 Å². The number of tetrazole rings is 1. The number of amides is 1. The predicted molar refractivity (Wildman–Crippen MR) is 94.3 cm³/mol. The van der Waals surface area contributed by atoms with Gasteiger partial charge in [-0.1, -0.05) is 11.2 Å². The summed E-state index contributed by atoms with van der Waals surface area (Å²) >= 11 is 0. The lowest BCUT2D eigenvalue weighted by atomic mass is 10.0. The highest BCUT2D eigenvalue weighted by atomic mass is 16.5. The Kier molecular flexibility index (Phi) is 4.57. The molecule has 2 aromatic heterocycles. The van der Waals surface area contributed by atoms with Crippen LogP contribution in [-0.2, 0) is 4.79 Å². The number of benzene rings is 1. The van der Waals surface area contributed by atoms with Crippen molar-refractivity contribution in [3.8, 4) is 11.4 Å². The van der Waals surface area contributed by atoms with Gasteiger partial charge in [0.05, 0.1) is 17.4 Å². The molecule has 4 rings (SSSR count). The van der Waals surface area contributed by atoms with Crippen molar-refractivity contribution in [1.82, 2.24) is 30.3 Å². The number of aryl methyl sites for hydroxylation is 2. The number of nitrogens with zero attached hydrogens (tertiary/aromatic N) is 6. The van der Waals surface area contributed by atoms with E-state index in [1.807, 2.05) is 30.9 Å². The van der Waals surface area contributed by atoms with E-state index in [9.17, 15) is 4.79 Å². The lowest BCUT2D eigenvalue weighted by Gasteiger charge is -2.24. The Bertz CT molecular complexity index is 917. The summed E-state index contributed by atoms with van der Waals surface area (Å²) < 4.78 is 12.5. The largest absolute Gasteiger partial charge is 0.484 e. The first-order chi connectivity index (χ1) is 13.1. The zero-order valence-corrected chi connectivity index (χ0v) is 15.2. The van der Waals surface area contributed by atoms with Gasteiger partial charge in [-0.25, -0.2) is 4.68 Å². The molecule has 140 valence electrons. The van der Waals surface area contributed by atoms with E-state index in [0.29, 0.717) is 12.3 Å². The first kappa shape index (κ1) is 17.2. The second kappa shape index (κ2) is 7.18. The molecule has 1 unspecified atom stereocenters. The second-order valence-electron chi connectivity index (χ2n) is 6.52. The van der Waals surface area contributed by atoms with Crippen molar-refractivity contribution < 1.29 is 14.1 Å². The van der Waals surface area contributed by atoms with Crippen LogP contribution in [-0.4, -0.2) is 49.3 Å². The number of hydrogen-bond acceptors (Lipinski definition) is 7. The van der Waals surface area contributed by atoms with Crippen LogP contribution in [0.4, 0.5) is 0 Å². The van der Waals surface area contributed by atoms with Crippen LogP contribution in [0.1, 0.15) is 35.9 Å². The fourth-order valence-corrected chi connectivity index (χ4v) is 3.55. The zero-order valence-electron chi connectivity index (χ0n) is 15.2. The molecule has 9 heteroatoms. The van der Waals surface area contributed by atoms with Gasteiger partial charge in [0.15, 0.2) is 6.61 Å². The van der Waals surface area contributed by atoms with Crippen LogP contribution in [0.15, 0.2) is 35.1 Å². The molecule has 0 bridgehead atoms. The molecule has 1 aromatic carbocycles. The van der Waals surface area contributed by atoms with Gasteiger partial charge in [-0.3, -0.25) is 4.79 Å². The molecule has 1 aliphatic rings. The SMILES string of the molecule is Cc1noc(C)c1C1CCCN1C(=O)COc1cccc(-n2cnnn2)c1. The quantitative estimate of drug-likeness (QED) is 0.679. The van der Waals surface area contributed by atoms with Gasteiger partial charge in [0.25, 0.3) is 5.91 Å². The van der Waals surface area contributed by atoms with Crippen LogP contribution in [0.5, 0.6) is 5.75 Å². The van der Waals surface area contributed by atoms with Crippen molar-refractivity contribution in [3.05, 3.63) is 47.6 Å². The number of aromatic nitrogens is 5. The molecule has 1 saturated heterocycles.